The van der Waals surface area contributed by atoms with Crippen molar-refractivity contribution >= 4 is 17.6 Å². The minimum atomic E-state index is 0.501. The van der Waals surface area contributed by atoms with Crippen molar-refractivity contribution < 1.29 is 0 Å². The normalized spacial score (nSPS) is 11.0. The highest BCUT2D eigenvalue weighted by Gasteiger charge is 2.00. The van der Waals surface area contributed by atoms with Gasteiger partial charge in [0.2, 0.25) is 0 Å². The first-order valence-electron chi connectivity index (χ1n) is 7.83. The predicted molar refractivity (Wildman–Crippen MR) is 96.9 cm³/mol. The molecule has 0 aliphatic rings. The van der Waals surface area contributed by atoms with Crippen LogP contribution >= 0.6 is 11.6 Å². The number of hydrogen-bond donors (Lipinski definition) is 2. The zero-order valence-corrected chi connectivity index (χ0v) is 14.3. The Labute approximate surface area is 147 Å². The number of halogens is 1. The molecule has 5 nitrogen and oxygen atoms in total. The molecule has 0 aliphatic carbocycles. The lowest BCUT2D eigenvalue weighted by atomic mass is 10.1. The van der Waals surface area contributed by atoms with Gasteiger partial charge < -0.3 is 10.6 Å². The van der Waals surface area contributed by atoms with Crippen LogP contribution in [0.5, 0.6) is 0 Å². The first-order chi connectivity index (χ1) is 11.7. The van der Waals surface area contributed by atoms with E-state index in [0.29, 0.717) is 17.3 Å². The summed E-state index contributed by atoms with van der Waals surface area (Å²) in [4.78, 5) is 8.62. The SMILES string of the molecule is CCNC(=NCc1cccc(C#N)c1)NCCc1ccc(Cl)nc1. The molecule has 0 unspecified atom stereocenters. The van der Waals surface area contributed by atoms with Gasteiger partial charge in [-0.15, -0.1) is 0 Å². The average Bonchev–Trinajstić information content (AvgIpc) is 2.61. The van der Waals surface area contributed by atoms with E-state index in [2.05, 4.69) is 26.7 Å². The van der Waals surface area contributed by atoms with E-state index in [-0.39, 0.29) is 0 Å². The van der Waals surface area contributed by atoms with Gasteiger partial charge in [0.25, 0.3) is 0 Å². The maximum Gasteiger partial charge on any atom is 0.191 e. The Bertz CT molecular complexity index is 719. The van der Waals surface area contributed by atoms with E-state index >= 15 is 0 Å². The lowest BCUT2D eigenvalue weighted by Gasteiger charge is -2.11. The smallest absolute Gasteiger partial charge is 0.191 e. The fourth-order valence-corrected chi connectivity index (χ4v) is 2.24. The van der Waals surface area contributed by atoms with E-state index in [4.69, 9.17) is 16.9 Å². The summed E-state index contributed by atoms with van der Waals surface area (Å²) in [5.74, 6) is 0.752. The molecule has 0 atom stereocenters. The summed E-state index contributed by atoms with van der Waals surface area (Å²) < 4.78 is 0. The first kappa shape index (κ1) is 17.8. The second-order valence-electron chi connectivity index (χ2n) is 5.17. The summed E-state index contributed by atoms with van der Waals surface area (Å²) in [5.41, 5.74) is 2.77. The molecule has 0 bridgehead atoms. The molecule has 0 amide bonds. The van der Waals surface area contributed by atoms with Crippen molar-refractivity contribution in [2.24, 2.45) is 4.99 Å². The summed E-state index contributed by atoms with van der Waals surface area (Å²) in [6.07, 6.45) is 2.61. The number of pyridine rings is 1. The zero-order chi connectivity index (χ0) is 17.2. The first-order valence-corrected chi connectivity index (χ1v) is 8.20. The zero-order valence-electron chi connectivity index (χ0n) is 13.6. The van der Waals surface area contributed by atoms with Gasteiger partial charge >= 0.3 is 0 Å². The van der Waals surface area contributed by atoms with Crippen LogP contribution in [-0.2, 0) is 13.0 Å². The summed E-state index contributed by atoms with van der Waals surface area (Å²) in [6.45, 7) is 4.07. The van der Waals surface area contributed by atoms with Crippen LogP contribution in [0.25, 0.3) is 0 Å². The molecule has 1 heterocycles. The minimum absolute atomic E-state index is 0.501. The van der Waals surface area contributed by atoms with Crippen molar-refractivity contribution in [2.75, 3.05) is 13.1 Å². The molecular weight excluding hydrogens is 322 g/mol. The Hall–Kier alpha value is -2.58. The highest BCUT2D eigenvalue weighted by atomic mass is 35.5. The summed E-state index contributed by atoms with van der Waals surface area (Å²) in [5, 5.41) is 16.0. The number of nitriles is 1. The van der Waals surface area contributed by atoms with Crippen molar-refractivity contribution in [1.29, 1.82) is 5.26 Å². The summed E-state index contributed by atoms with van der Waals surface area (Å²) in [7, 11) is 0. The molecule has 0 saturated carbocycles. The maximum atomic E-state index is 8.94. The molecule has 0 radical (unpaired) electrons. The fourth-order valence-electron chi connectivity index (χ4n) is 2.13. The molecule has 1 aromatic heterocycles. The Morgan fingerprint density at radius 2 is 2.12 bits per heavy atom. The number of nitrogens with zero attached hydrogens (tertiary/aromatic N) is 3. The van der Waals surface area contributed by atoms with Crippen LogP contribution in [0.15, 0.2) is 47.6 Å². The molecule has 0 spiro atoms. The van der Waals surface area contributed by atoms with Gasteiger partial charge in [0.1, 0.15) is 5.15 Å². The van der Waals surface area contributed by atoms with E-state index in [1.807, 2.05) is 31.2 Å². The van der Waals surface area contributed by atoms with Gasteiger partial charge in [-0.3, -0.25) is 0 Å². The van der Waals surface area contributed by atoms with E-state index in [1.165, 1.54) is 0 Å². The Morgan fingerprint density at radius 3 is 2.83 bits per heavy atom. The van der Waals surface area contributed by atoms with Crippen LogP contribution in [0.4, 0.5) is 0 Å². The lowest BCUT2D eigenvalue weighted by molar-refractivity contribution is 0.798. The van der Waals surface area contributed by atoms with Gasteiger partial charge in [-0.05, 0) is 42.7 Å². The summed E-state index contributed by atoms with van der Waals surface area (Å²) in [6, 6.07) is 13.4. The monoisotopic (exact) mass is 341 g/mol. The molecule has 0 fully saturated rings. The summed E-state index contributed by atoms with van der Waals surface area (Å²) >= 11 is 5.78. The van der Waals surface area contributed by atoms with Gasteiger partial charge in [-0.25, -0.2) is 9.98 Å². The van der Waals surface area contributed by atoms with Crippen LogP contribution in [0.3, 0.4) is 0 Å². The molecule has 0 saturated heterocycles. The van der Waals surface area contributed by atoms with Crippen molar-refractivity contribution in [3.8, 4) is 6.07 Å². The fraction of sp³-hybridized carbons (Fsp3) is 0.278. The molecule has 2 N–H and O–H groups in total. The van der Waals surface area contributed by atoms with Crippen molar-refractivity contribution in [3.63, 3.8) is 0 Å². The molecule has 24 heavy (non-hydrogen) atoms. The molecule has 2 rings (SSSR count). The Morgan fingerprint density at radius 1 is 1.25 bits per heavy atom. The molecule has 6 heteroatoms. The van der Waals surface area contributed by atoms with E-state index in [1.54, 1.807) is 18.3 Å². The lowest BCUT2D eigenvalue weighted by Crippen LogP contribution is -2.38. The van der Waals surface area contributed by atoms with Crippen molar-refractivity contribution in [3.05, 3.63) is 64.4 Å². The molecule has 124 valence electrons. The standard InChI is InChI=1S/C18H20ClN5/c1-2-21-18(22-9-8-14-6-7-17(19)23-12-14)24-13-16-5-3-4-15(10-16)11-20/h3-7,10,12H,2,8-9,13H2,1H3,(H2,21,22,24). The largest absolute Gasteiger partial charge is 0.357 e. The van der Waals surface area contributed by atoms with E-state index in [0.717, 1.165) is 36.6 Å². The minimum Gasteiger partial charge on any atom is -0.357 e. The van der Waals surface area contributed by atoms with Crippen LogP contribution < -0.4 is 10.6 Å². The number of aromatic nitrogens is 1. The number of rotatable bonds is 6. The van der Waals surface area contributed by atoms with Gasteiger partial charge in [0.15, 0.2) is 5.96 Å². The van der Waals surface area contributed by atoms with Crippen LogP contribution in [0, 0.1) is 11.3 Å². The Kier molecular flexibility index (Phi) is 7.06. The highest BCUT2D eigenvalue weighted by Crippen LogP contribution is 2.06. The third kappa shape index (κ3) is 5.90. The third-order valence-electron chi connectivity index (χ3n) is 3.31. The maximum absolute atomic E-state index is 8.94. The predicted octanol–water partition coefficient (Wildman–Crippen LogP) is 2.90. The molecule has 0 aliphatic heterocycles. The number of aliphatic imine (C=N–C) groups is 1. The topological polar surface area (TPSA) is 73.1 Å². The molecular formula is C18H20ClN5. The molecule has 2 aromatic rings. The van der Waals surface area contributed by atoms with E-state index < -0.39 is 0 Å². The number of guanidine groups is 1. The second-order valence-corrected chi connectivity index (χ2v) is 5.56. The van der Waals surface area contributed by atoms with Gasteiger partial charge in [-0.1, -0.05) is 29.8 Å². The van der Waals surface area contributed by atoms with E-state index in [9.17, 15) is 0 Å². The average molecular weight is 342 g/mol. The van der Waals surface area contributed by atoms with Gasteiger partial charge in [0.05, 0.1) is 18.2 Å². The number of nitrogens with one attached hydrogen (secondary N) is 2. The van der Waals surface area contributed by atoms with Crippen LogP contribution in [0.2, 0.25) is 5.15 Å². The number of benzene rings is 1. The Balaban J connectivity index is 1.90. The molecule has 1 aromatic carbocycles. The van der Waals surface area contributed by atoms with Crippen LogP contribution in [-0.4, -0.2) is 24.0 Å². The van der Waals surface area contributed by atoms with Crippen LogP contribution in [0.1, 0.15) is 23.6 Å². The quantitative estimate of drug-likeness (QED) is 0.481. The second kappa shape index (κ2) is 9.53. The van der Waals surface area contributed by atoms with Crippen molar-refractivity contribution in [2.45, 2.75) is 19.9 Å². The van der Waals surface area contributed by atoms with Gasteiger partial charge in [-0.2, -0.15) is 5.26 Å². The van der Waals surface area contributed by atoms with Crippen molar-refractivity contribution in [1.82, 2.24) is 15.6 Å². The number of hydrogen-bond acceptors (Lipinski definition) is 3. The third-order valence-corrected chi connectivity index (χ3v) is 3.54. The van der Waals surface area contributed by atoms with Gasteiger partial charge in [0, 0.05) is 19.3 Å². The highest BCUT2D eigenvalue weighted by molar-refractivity contribution is 6.29.